The minimum Gasteiger partial charge on any atom is -0.352 e. The van der Waals surface area contributed by atoms with E-state index in [4.69, 9.17) is 0 Å². The van der Waals surface area contributed by atoms with Gasteiger partial charge >= 0.3 is 6.18 Å². The second-order valence-electron chi connectivity index (χ2n) is 10.1. The molecule has 214 valence electrons. The van der Waals surface area contributed by atoms with Gasteiger partial charge in [0.05, 0.1) is 17.5 Å². The van der Waals surface area contributed by atoms with Crippen LogP contribution in [-0.4, -0.2) is 50.0 Å². The second kappa shape index (κ2) is 12.8. The fraction of sp³-hybridized carbons (Fsp3) is 0.500. The van der Waals surface area contributed by atoms with Gasteiger partial charge in [-0.25, -0.2) is 8.42 Å². The summed E-state index contributed by atoms with van der Waals surface area (Å²) in [6, 6.07) is 10.3. The highest BCUT2D eigenvalue weighted by Gasteiger charge is 2.34. The van der Waals surface area contributed by atoms with E-state index < -0.39 is 40.3 Å². The molecule has 2 aromatic carbocycles. The van der Waals surface area contributed by atoms with Gasteiger partial charge < -0.3 is 10.2 Å². The monoisotopic (exact) mass is 567 g/mol. The van der Waals surface area contributed by atoms with E-state index in [2.05, 4.69) is 5.32 Å². The van der Waals surface area contributed by atoms with Crippen LogP contribution in [-0.2, 0) is 32.3 Å². The minimum atomic E-state index is -4.69. The third-order valence-corrected chi connectivity index (χ3v) is 8.05. The lowest BCUT2D eigenvalue weighted by Crippen LogP contribution is -2.54. The largest absolute Gasteiger partial charge is 0.416 e. The Hall–Kier alpha value is -3.08. The fourth-order valence-electron chi connectivity index (χ4n) is 4.92. The predicted molar refractivity (Wildman–Crippen MR) is 144 cm³/mol. The Labute approximate surface area is 228 Å². The summed E-state index contributed by atoms with van der Waals surface area (Å²) in [5.41, 5.74) is 0.380. The van der Waals surface area contributed by atoms with Crippen LogP contribution in [0.2, 0.25) is 0 Å². The quantitative estimate of drug-likeness (QED) is 0.436. The molecule has 39 heavy (non-hydrogen) atoms. The van der Waals surface area contributed by atoms with Crippen LogP contribution in [0.1, 0.15) is 62.1 Å². The normalized spacial score (nSPS) is 15.4. The average Bonchev–Trinajstić information content (AvgIpc) is 2.86. The number of aryl methyl sites for hydroxylation is 1. The number of carbonyl (C=O) groups excluding carboxylic acids is 2. The highest BCUT2D eigenvalue weighted by atomic mass is 32.2. The van der Waals surface area contributed by atoms with Crippen LogP contribution in [0.3, 0.4) is 0 Å². The Kier molecular flexibility index (Phi) is 10.0. The minimum absolute atomic E-state index is 0.00819. The summed E-state index contributed by atoms with van der Waals surface area (Å²) in [5.74, 6) is -1.01. The van der Waals surface area contributed by atoms with Gasteiger partial charge in [-0.05, 0) is 49.9 Å². The first kappa shape index (κ1) is 30.5. The number of alkyl halides is 3. The lowest BCUT2D eigenvalue weighted by atomic mass is 9.95. The number of amides is 2. The topological polar surface area (TPSA) is 86.8 Å². The summed E-state index contributed by atoms with van der Waals surface area (Å²) < 4.78 is 66.0. The zero-order valence-electron chi connectivity index (χ0n) is 22.5. The van der Waals surface area contributed by atoms with Gasteiger partial charge in [-0.2, -0.15) is 13.2 Å². The summed E-state index contributed by atoms with van der Waals surface area (Å²) in [7, 11) is -4.15. The Morgan fingerprint density at radius 1 is 1.05 bits per heavy atom. The summed E-state index contributed by atoms with van der Waals surface area (Å²) >= 11 is 0. The molecule has 1 aliphatic carbocycles. The van der Waals surface area contributed by atoms with E-state index >= 15 is 0 Å². The number of nitrogens with one attached hydrogen (secondary N) is 1. The molecule has 0 radical (unpaired) electrons. The van der Waals surface area contributed by atoms with Gasteiger partial charge in [0.1, 0.15) is 12.6 Å². The maximum Gasteiger partial charge on any atom is 0.416 e. The van der Waals surface area contributed by atoms with E-state index in [1.54, 1.807) is 13.0 Å². The molecular formula is C28H36F3N3O4S. The number of nitrogens with zero attached hydrogens (tertiary/aromatic N) is 2. The predicted octanol–water partition coefficient (Wildman–Crippen LogP) is 5.04. The molecule has 1 saturated carbocycles. The SMILES string of the molecule is CC[C@@H](C(=O)NC1CCCCC1)N(Cc1cccc(C)c1)C(=O)CN(c1cccc(C(F)(F)F)c1)S(C)(=O)=O. The van der Waals surface area contributed by atoms with Gasteiger partial charge in [0.15, 0.2) is 0 Å². The molecule has 0 bridgehead atoms. The Bertz CT molecular complexity index is 1260. The molecule has 3 rings (SSSR count). The molecule has 1 fully saturated rings. The maximum absolute atomic E-state index is 13.8. The molecule has 11 heteroatoms. The second-order valence-corrected chi connectivity index (χ2v) is 12.0. The molecule has 7 nitrogen and oxygen atoms in total. The van der Waals surface area contributed by atoms with Crippen molar-refractivity contribution in [2.45, 2.75) is 77.2 Å². The molecule has 2 aromatic rings. The van der Waals surface area contributed by atoms with Crippen LogP contribution >= 0.6 is 0 Å². The number of benzene rings is 2. The molecule has 2 amide bonds. The van der Waals surface area contributed by atoms with Crippen molar-refractivity contribution in [3.05, 3.63) is 65.2 Å². The first-order chi connectivity index (χ1) is 18.3. The third kappa shape index (κ3) is 8.45. The lowest BCUT2D eigenvalue weighted by molar-refractivity contribution is -0.140. The third-order valence-electron chi connectivity index (χ3n) is 6.91. The molecule has 0 aliphatic heterocycles. The molecule has 1 aliphatic rings. The smallest absolute Gasteiger partial charge is 0.352 e. The van der Waals surface area contributed by atoms with Crippen molar-refractivity contribution >= 4 is 27.5 Å². The molecular weight excluding hydrogens is 531 g/mol. The first-order valence-corrected chi connectivity index (χ1v) is 14.9. The lowest BCUT2D eigenvalue weighted by Gasteiger charge is -2.34. The number of hydrogen-bond acceptors (Lipinski definition) is 4. The van der Waals surface area contributed by atoms with Gasteiger partial charge in [0.2, 0.25) is 21.8 Å². The highest BCUT2D eigenvalue weighted by Crippen LogP contribution is 2.32. The van der Waals surface area contributed by atoms with Crippen LogP contribution in [0, 0.1) is 6.92 Å². The number of anilines is 1. The number of sulfonamides is 1. The van der Waals surface area contributed by atoms with Crippen LogP contribution in [0.25, 0.3) is 0 Å². The molecule has 0 saturated heterocycles. The summed E-state index contributed by atoms with van der Waals surface area (Å²) in [6.45, 7) is 2.95. The zero-order chi connectivity index (χ0) is 28.8. The number of rotatable bonds is 10. The zero-order valence-corrected chi connectivity index (χ0v) is 23.3. The van der Waals surface area contributed by atoms with Crippen molar-refractivity contribution in [3.63, 3.8) is 0 Å². The average molecular weight is 568 g/mol. The Morgan fingerprint density at radius 3 is 2.31 bits per heavy atom. The summed E-state index contributed by atoms with van der Waals surface area (Å²) in [6.07, 6.45) is 1.25. The van der Waals surface area contributed by atoms with Crippen LogP contribution in [0.15, 0.2) is 48.5 Å². The van der Waals surface area contributed by atoms with Crippen molar-refractivity contribution in [2.75, 3.05) is 17.1 Å². The van der Waals surface area contributed by atoms with E-state index in [-0.39, 0.29) is 30.6 Å². The van der Waals surface area contributed by atoms with Crippen molar-refractivity contribution in [3.8, 4) is 0 Å². The molecule has 0 heterocycles. The van der Waals surface area contributed by atoms with E-state index in [0.29, 0.717) is 10.4 Å². The van der Waals surface area contributed by atoms with Crippen molar-refractivity contribution in [2.24, 2.45) is 0 Å². The number of halogens is 3. The molecule has 0 aromatic heterocycles. The van der Waals surface area contributed by atoms with Crippen LogP contribution in [0.5, 0.6) is 0 Å². The Balaban J connectivity index is 1.95. The van der Waals surface area contributed by atoms with E-state index in [9.17, 15) is 31.2 Å². The number of hydrogen-bond donors (Lipinski definition) is 1. The highest BCUT2D eigenvalue weighted by molar-refractivity contribution is 7.92. The van der Waals surface area contributed by atoms with Gasteiger partial charge in [-0.1, -0.05) is 62.1 Å². The molecule has 0 spiro atoms. The van der Waals surface area contributed by atoms with Crippen molar-refractivity contribution in [1.82, 2.24) is 10.2 Å². The molecule has 1 N–H and O–H groups in total. The van der Waals surface area contributed by atoms with E-state index in [1.807, 2.05) is 25.1 Å². The first-order valence-electron chi connectivity index (χ1n) is 13.1. The number of carbonyl (C=O) groups is 2. The standard InChI is InChI=1S/C28H36F3N3O4S/c1-4-25(27(36)32-23-13-6-5-7-14-23)33(18-21-11-8-10-20(2)16-21)26(35)19-34(39(3,37)38)24-15-9-12-22(17-24)28(29,30)31/h8-12,15-17,23,25H,4-7,13-14,18-19H2,1-3H3,(H,32,36)/t25-/m0/s1. The van der Waals surface area contributed by atoms with E-state index in [1.165, 1.54) is 11.0 Å². The summed E-state index contributed by atoms with van der Waals surface area (Å²) in [5, 5.41) is 3.05. The van der Waals surface area contributed by atoms with Gasteiger partial charge in [0, 0.05) is 12.6 Å². The van der Waals surface area contributed by atoms with Gasteiger partial charge in [-0.15, -0.1) is 0 Å². The summed E-state index contributed by atoms with van der Waals surface area (Å²) in [4.78, 5) is 28.5. The van der Waals surface area contributed by atoms with Crippen molar-refractivity contribution < 1.29 is 31.2 Å². The maximum atomic E-state index is 13.8. The van der Waals surface area contributed by atoms with Crippen LogP contribution < -0.4 is 9.62 Å². The van der Waals surface area contributed by atoms with Gasteiger partial charge in [0.25, 0.3) is 0 Å². The molecule has 0 unspecified atom stereocenters. The van der Waals surface area contributed by atoms with E-state index in [0.717, 1.165) is 61.6 Å². The van der Waals surface area contributed by atoms with Crippen LogP contribution in [0.4, 0.5) is 18.9 Å². The fourth-order valence-corrected chi connectivity index (χ4v) is 5.76. The van der Waals surface area contributed by atoms with Crippen molar-refractivity contribution in [1.29, 1.82) is 0 Å². The molecule has 1 atom stereocenters. The van der Waals surface area contributed by atoms with Gasteiger partial charge in [-0.3, -0.25) is 13.9 Å². The Morgan fingerprint density at radius 2 is 1.72 bits per heavy atom.